The molecule has 2 unspecified atom stereocenters. The van der Waals surface area contributed by atoms with Gasteiger partial charge in [-0.05, 0) is 38.5 Å². The van der Waals surface area contributed by atoms with Gasteiger partial charge in [0.2, 0.25) is 5.91 Å². The normalized spacial score (nSPS) is 20.3. The van der Waals surface area contributed by atoms with Crippen molar-refractivity contribution in [3.8, 4) is 0 Å². The third kappa shape index (κ3) is 4.12. The molecule has 0 radical (unpaired) electrons. The maximum atomic E-state index is 11.6. The molecule has 0 aromatic rings. The van der Waals surface area contributed by atoms with E-state index in [1.165, 1.54) is 19.3 Å². The molecule has 0 aromatic heterocycles. The number of hydrogen-bond acceptors (Lipinski definition) is 2. The molecule has 16 heavy (non-hydrogen) atoms. The second-order valence-corrected chi connectivity index (χ2v) is 5.46. The number of carbonyl (C=O) groups excluding carboxylic acids is 1. The number of carbonyl (C=O) groups is 1. The molecule has 1 amide bonds. The molecular formula is C13H26N2O. The van der Waals surface area contributed by atoms with Crippen LogP contribution in [0.1, 0.15) is 47.0 Å². The van der Waals surface area contributed by atoms with Crippen molar-refractivity contribution in [2.24, 2.45) is 11.8 Å². The van der Waals surface area contributed by atoms with Crippen molar-refractivity contribution < 1.29 is 4.79 Å². The summed E-state index contributed by atoms with van der Waals surface area (Å²) in [5.41, 5.74) is 0. The van der Waals surface area contributed by atoms with Gasteiger partial charge in [0, 0.05) is 12.1 Å². The van der Waals surface area contributed by atoms with Crippen LogP contribution in [0.15, 0.2) is 0 Å². The predicted octanol–water partition coefficient (Wildman–Crippen LogP) is 1.93. The zero-order valence-corrected chi connectivity index (χ0v) is 11.0. The van der Waals surface area contributed by atoms with Gasteiger partial charge in [0.05, 0.1) is 6.54 Å². The van der Waals surface area contributed by atoms with Crippen LogP contribution in [0.4, 0.5) is 0 Å². The Labute approximate surface area is 99.4 Å². The zero-order chi connectivity index (χ0) is 12.1. The number of nitrogens with one attached hydrogen (secondary N) is 2. The van der Waals surface area contributed by atoms with Crippen molar-refractivity contribution in [2.45, 2.75) is 59.0 Å². The Morgan fingerprint density at radius 3 is 2.31 bits per heavy atom. The third-order valence-electron chi connectivity index (χ3n) is 3.83. The molecule has 0 spiro atoms. The molecule has 1 rings (SSSR count). The topological polar surface area (TPSA) is 41.1 Å². The highest BCUT2D eigenvalue weighted by atomic mass is 16.1. The standard InChI is InChI=1S/C13H26N2O/c1-9(2)10(3)15-13(16)8-14-11(4)12-6-5-7-12/h9-12,14H,5-8H2,1-4H3,(H,15,16). The fraction of sp³-hybridized carbons (Fsp3) is 0.923. The minimum absolute atomic E-state index is 0.118. The van der Waals surface area contributed by atoms with Gasteiger partial charge in [-0.1, -0.05) is 20.3 Å². The number of hydrogen-bond donors (Lipinski definition) is 2. The maximum absolute atomic E-state index is 11.6. The summed E-state index contributed by atoms with van der Waals surface area (Å²) < 4.78 is 0. The first-order valence-electron chi connectivity index (χ1n) is 6.53. The van der Waals surface area contributed by atoms with E-state index in [1.54, 1.807) is 0 Å². The van der Waals surface area contributed by atoms with E-state index in [-0.39, 0.29) is 11.9 Å². The first kappa shape index (κ1) is 13.5. The lowest BCUT2D eigenvalue weighted by Crippen LogP contribution is -2.45. The van der Waals surface area contributed by atoms with Crippen molar-refractivity contribution >= 4 is 5.91 Å². The molecule has 2 N–H and O–H groups in total. The molecule has 0 aliphatic heterocycles. The van der Waals surface area contributed by atoms with Crippen LogP contribution in [0.5, 0.6) is 0 Å². The van der Waals surface area contributed by atoms with Crippen molar-refractivity contribution in [1.29, 1.82) is 0 Å². The maximum Gasteiger partial charge on any atom is 0.234 e. The largest absolute Gasteiger partial charge is 0.352 e. The van der Waals surface area contributed by atoms with Gasteiger partial charge in [-0.2, -0.15) is 0 Å². The molecule has 0 saturated heterocycles. The first-order valence-corrected chi connectivity index (χ1v) is 6.53. The predicted molar refractivity (Wildman–Crippen MR) is 67.2 cm³/mol. The summed E-state index contributed by atoms with van der Waals surface area (Å²) in [4.78, 5) is 11.6. The van der Waals surface area contributed by atoms with Gasteiger partial charge >= 0.3 is 0 Å². The summed E-state index contributed by atoms with van der Waals surface area (Å²) in [7, 11) is 0. The molecule has 0 bridgehead atoms. The van der Waals surface area contributed by atoms with Gasteiger partial charge in [-0.25, -0.2) is 0 Å². The molecule has 2 atom stereocenters. The van der Waals surface area contributed by atoms with E-state index in [0.29, 0.717) is 18.5 Å². The fourth-order valence-corrected chi connectivity index (χ4v) is 1.83. The van der Waals surface area contributed by atoms with Crippen LogP contribution in [0.25, 0.3) is 0 Å². The van der Waals surface area contributed by atoms with E-state index in [4.69, 9.17) is 0 Å². The van der Waals surface area contributed by atoms with E-state index in [0.717, 1.165) is 5.92 Å². The number of amides is 1. The summed E-state index contributed by atoms with van der Waals surface area (Å²) >= 11 is 0. The van der Waals surface area contributed by atoms with Crippen LogP contribution < -0.4 is 10.6 Å². The summed E-state index contributed by atoms with van der Waals surface area (Å²) in [5.74, 6) is 1.40. The molecule has 1 aliphatic carbocycles. The van der Waals surface area contributed by atoms with Gasteiger partial charge in [0.1, 0.15) is 0 Å². The highest BCUT2D eigenvalue weighted by Crippen LogP contribution is 2.29. The molecule has 3 nitrogen and oxygen atoms in total. The van der Waals surface area contributed by atoms with Crippen LogP contribution in [0.3, 0.4) is 0 Å². The van der Waals surface area contributed by atoms with E-state index in [2.05, 4.69) is 38.3 Å². The SMILES string of the molecule is CC(C)C(C)NC(=O)CNC(C)C1CCC1. The van der Waals surface area contributed by atoms with E-state index in [1.807, 2.05) is 0 Å². The van der Waals surface area contributed by atoms with Gasteiger partial charge in [-0.15, -0.1) is 0 Å². The van der Waals surface area contributed by atoms with Crippen LogP contribution in [-0.2, 0) is 4.79 Å². The van der Waals surface area contributed by atoms with E-state index < -0.39 is 0 Å². The lowest BCUT2D eigenvalue weighted by Gasteiger charge is -2.32. The summed E-state index contributed by atoms with van der Waals surface area (Å²) in [5, 5.41) is 6.32. The van der Waals surface area contributed by atoms with Crippen molar-refractivity contribution in [3.63, 3.8) is 0 Å². The molecule has 0 aromatic carbocycles. The third-order valence-corrected chi connectivity index (χ3v) is 3.83. The van der Waals surface area contributed by atoms with E-state index in [9.17, 15) is 4.79 Å². The molecule has 0 heterocycles. The Kier molecular flexibility index (Phi) is 5.26. The second-order valence-electron chi connectivity index (χ2n) is 5.46. The quantitative estimate of drug-likeness (QED) is 0.726. The summed E-state index contributed by atoms with van der Waals surface area (Å²) in [6.07, 6.45) is 3.99. The minimum Gasteiger partial charge on any atom is -0.352 e. The van der Waals surface area contributed by atoms with E-state index >= 15 is 0 Å². The van der Waals surface area contributed by atoms with Gasteiger partial charge in [-0.3, -0.25) is 4.79 Å². The number of rotatable bonds is 6. The Bertz CT molecular complexity index is 224. The minimum atomic E-state index is 0.118. The molecule has 1 fully saturated rings. The average molecular weight is 226 g/mol. The van der Waals surface area contributed by atoms with Gasteiger partial charge in [0.15, 0.2) is 0 Å². The molecule has 1 saturated carbocycles. The molecule has 94 valence electrons. The molecule has 3 heteroatoms. The van der Waals surface area contributed by atoms with Crippen LogP contribution in [0, 0.1) is 11.8 Å². The highest BCUT2D eigenvalue weighted by molar-refractivity contribution is 5.78. The summed E-state index contributed by atoms with van der Waals surface area (Å²) in [6.45, 7) is 8.93. The second kappa shape index (κ2) is 6.24. The van der Waals surface area contributed by atoms with Crippen LogP contribution >= 0.6 is 0 Å². The zero-order valence-electron chi connectivity index (χ0n) is 11.0. The van der Waals surface area contributed by atoms with Gasteiger partial charge in [0.25, 0.3) is 0 Å². The van der Waals surface area contributed by atoms with Crippen LogP contribution in [-0.4, -0.2) is 24.5 Å². The lowest BCUT2D eigenvalue weighted by atomic mass is 9.80. The Balaban J connectivity index is 2.14. The average Bonchev–Trinajstić information content (AvgIpc) is 2.11. The van der Waals surface area contributed by atoms with Crippen LogP contribution in [0.2, 0.25) is 0 Å². The fourth-order valence-electron chi connectivity index (χ4n) is 1.83. The Hall–Kier alpha value is -0.570. The smallest absolute Gasteiger partial charge is 0.234 e. The van der Waals surface area contributed by atoms with Crippen molar-refractivity contribution in [3.05, 3.63) is 0 Å². The Morgan fingerprint density at radius 1 is 1.25 bits per heavy atom. The highest BCUT2D eigenvalue weighted by Gasteiger charge is 2.23. The van der Waals surface area contributed by atoms with Crippen molar-refractivity contribution in [2.75, 3.05) is 6.54 Å². The first-order chi connectivity index (χ1) is 7.50. The lowest BCUT2D eigenvalue weighted by molar-refractivity contribution is -0.121. The Morgan fingerprint density at radius 2 is 1.88 bits per heavy atom. The molecule has 1 aliphatic rings. The van der Waals surface area contributed by atoms with Crippen molar-refractivity contribution in [1.82, 2.24) is 10.6 Å². The summed E-state index contributed by atoms with van der Waals surface area (Å²) in [6, 6.07) is 0.738. The van der Waals surface area contributed by atoms with Gasteiger partial charge < -0.3 is 10.6 Å². The monoisotopic (exact) mass is 226 g/mol. The molecular weight excluding hydrogens is 200 g/mol.